The number of carbonyl (C=O) groups is 1. The van der Waals surface area contributed by atoms with Gasteiger partial charge >= 0.3 is 6.09 Å². The van der Waals surface area contributed by atoms with Gasteiger partial charge in [-0.15, -0.1) is 5.10 Å². The van der Waals surface area contributed by atoms with Crippen molar-refractivity contribution in [1.82, 2.24) is 10.2 Å². The molecule has 0 aliphatic heterocycles. The number of hydrogen-bond acceptors (Lipinski definition) is 5. The summed E-state index contributed by atoms with van der Waals surface area (Å²) in [5.74, 6) is 5.93. The van der Waals surface area contributed by atoms with Gasteiger partial charge in [-0.3, -0.25) is 0 Å². The van der Waals surface area contributed by atoms with E-state index in [1.54, 1.807) is 13.1 Å². The molecule has 2 aromatic rings. The van der Waals surface area contributed by atoms with Crippen molar-refractivity contribution >= 4 is 22.7 Å². The van der Waals surface area contributed by atoms with Gasteiger partial charge in [-0.2, -0.15) is 10.1 Å². The molecule has 1 heterocycles. The number of anilines is 1. The molecule has 17 heavy (non-hydrogen) atoms. The van der Waals surface area contributed by atoms with Crippen molar-refractivity contribution in [2.45, 2.75) is 6.92 Å². The van der Waals surface area contributed by atoms with Gasteiger partial charge in [0.2, 0.25) is 0 Å². The highest BCUT2D eigenvalue weighted by atomic mass is 16.6. The fourth-order valence-electron chi connectivity index (χ4n) is 1.47. The van der Waals surface area contributed by atoms with E-state index in [2.05, 4.69) is 10.2 Å². The molecule has 2 N–H and O–H groups in total. The van der Waals surface area contributed by atoms with Crippen molar-refractivity contribution in [3.63, 3.8) is 0 Å². The molecule has 0 saturated carbocycles. The number of rotatable bonds is 2. The zero-order valence-corrected chi connectivity index (χ0v) is 9.33. The summed E-state index contributed by atoms with van der Waals surface area (Å²) >= 11 is 0. The van der Waals surface area contributed by atoms with Crippen LogP contribution in [-0.4, -0.2) is 22.9 Å². The highest BCUT2D eigenvalue weighted by Gasteiger charge is 2.17. The Hall–Kier alpha value is -2.21. The summed E-state index contributed by atoms with van der Waals surface area (Å²) in [5.41, 5.74) is 0. The van der Waals surface area contributed by atoms with Crippen LogP contribution in [0.2, 0.25) is 0 Å². The third kappa shape index (κ3) is 2.16. The molecule has 1 aromatic heterocycles. The minimum absolute atomic E-state index is 0.255. The summed E-state index contributed by atoms with van der Waals surface area (Å²) in [4.78, 5) is 11.5. The molecule has 6 heteroatoms. The zero-order valence-electron chi connectivity index (χ0n) is 9.33. The van der Waals surface area contributed by atoms with Crippen molar-refractivity contribution in [2.24, 2.45) is 5.84 Å². The van der Waals surface area contributed by atoms with E-state index in [1.807, 2.05) is 24.3 Å². The average Bonchev–Trinajstić information content (AvgIpc) is 2.37. The van der Waals surface area contributed by atoms with E-state index in [4.69, 9.17) is 10.6 Å². The second-order valence-electron chi connectivity index (χ2n) is 3.32. The van der Waals surface area contributed by atoms with Crippen molar-refractivity contribution in [3.8, 4) is 0 Å². The number of amides is 1. The van der Waals surface area contributed by atoms with Crippen LogP contribution in [0.5, 0.6) is 0 Å². The van der Waals surface area contributed by atoms with Crippen LogP contribution in [0.25, 0.3) is 10.8 Å². The van der Waals surface area contributed by atoms with Crippen molar-refractivity contribution in [2.75, 3.05) is 11.6 Å². The summed E-state index contributed by atoms with van der Waals surface area (Å²) in [7, 11) is 0. The maximum atomic E-state index is 11.5. The summed E-state index contributed by atoms with van der Waals surface area (Å²) in [6.45, 7) is 1.96. The number of fused-ring (bicyclic) bond motifs is 1. The molecule has 1 amide bonds. The molecule has 0 atom stereocenters. The monoisotopic (exact) mass is 232 g/mol. The van der Waals surface area contributed by atoms with Gasteiger partial charge in [-0.1, -0.05) is 24.3 Å². The lowest BCUT2D eigenvalue weighted by atomic mass is 10.2. The average molecular weight is 232 g/mol. The number of hydrogen-bond donors (Lipinski definition) is 1. The molecule has 0 fully saturated rings. The molecule has 0 saturated heterocycles. The molecule has 88 valence electrons. The van der Waals surface area contributed by atoms with Gasteiger partial charge in [0.15, 0.2) is 5.82 Å². The van der Waals surface area contributed by atoms with Crippen LogP contribution in [-0.2, 0) is 4.74 Å². The first kappa shape index (κ1) is 11.3. The molecule has 0 spiro atoms. The minimum Gasteiger partial charge on any atom is -0.448 e. The Kier molecular flexibility index (Phi) is 3.15. The van der Waals surface area contributed by atoms with Crippen LogP contribution in [0.3, 0.4) is 0 Å². The van der Waals surface area contributed by atoms with Gasteiger partial charge in [0.25, 0.3) is 0 Å². The van der Waals surface area contributed by atoms with Crippen LogP contribution >= 0.6 is 0 Å². The van der Waals surface area contributed by atoms with Crippen molar-refractivity contribution in [1.29, 1.82) is 0 Å². The number of nitrogens with zero attached hydrogens (tertiary/aromatic N) is 3. The molecule has 2 rings (SSSR count). The molecule has 0 bridgehead atoms. The Labute approximate surface area is 98.0 Å². The van der Waals surface area contributed by atoms with Gasteiger partial charge in [0.05, 0.1) is 12.8 Å². The molecular weight excluding hydrogens is 220 g/mol. The van der Waals surface area contributed by atoms with Gasteiger partial charge in [0.1, 0.15) is 0 Å². The lowest BCUT2D eigenvalue weighted by Gasteiger charge is -2.15. The topological polar surface area (TPSA) is 81.3 Å². The lowest BCUT2D eigenvalue weighted by molar-refractivity contribution is 0.159. The summed E-state index contributed by atoms with van der Waals surface area (Å²) in [6, 6.07) is 7.40. The summed E-state index contributed by atoms with van der Waals surface area (Å²) in [5, 5.41) is 10.1. The second kappa shape index (κ2) is 4.75. The van der Waals surface area contributed by atoms with E-state index in [-0.39, 0.29) is 12.4 Å². The van der Waals surface area contributed by atoms with E-state index in [1.165, 1.54) is 0 Å². The standard InChI is InChI=1S/C11H12N4O2/c1-2-17-11(16)15(12)10-9-6-4-3-5-8(9)7-13-14-10/h3-7H,2,12H2,1H3. The predicted octanol–water partition coefficient (Wildman–Crippen LogP) is 1.47. The smallest absolute Gasteiger partial charge is 0.430 e. The Bertz CT molecular complexity index is 538. The van der Waals surface area contributed by atoms with Crippen molar-refractivity contribution in [3.05, 3.63) is 30.5 Å². The fourth-order valence-corrected chi connectivity index (χ4v) is 1.47. The maximum Gasteiger partial charge on any atom is 0.430 e. The molecule has 0 aliphatic rings. The Balaban J connectivity index is 2.44. The van der Waals surface area contributed by atoms with E-state index in [0.717, 1.165) is 15.8 Å². The Morgan fingerprint density at radius 3 is 3.00 bits per heavy atom. The zero-order chi connectivity index (χ0) is 12.3. The number of ether oxygens (including phenoxy) is 1. The number of aromatic nitrogens is 2. The summed E-state index contributed by atoms with van der Waals surface area (Å²) < 4.78 is 4.80. The first-order valence-corrected chi connectivity index (χ1v) is 5.16. The van der Waals surface area contributed by atoms with Crippen LogP contribution < -0.4 is 10.9 Å². The van der Waals surface area contributed by atoms with E-state index in [0.29, 0.717) is 0 Å². The fraction of sp³-hybridized carbons (Fsp3) is 0.182. The van der Waals surface area contributed by atoms with Gasteiger partial charge < -0.3 is 4.74 Å². The van der Waals surface area contributed by atoms with Crippen LogP contribution in [0, 0.1) is 0 Å². The quantitative estimate of drug-likeness (QED) is 0.481. The normalized spacial score (nSPS) is 10.2. The highest BCUT2D eigenvalue weighted by molar-refractivity contribution is 5.98. The number of benzene rings is 1. The second-order valence-corrected chi connectivity index (χ2v) is 3.32. The first-order chi connectivity index (χ1) is 8.24. The molecule has 0 radical (unpaired) electrons. The number of carbonyl (C=O) groups excluding carboxylic acids is 1. The van der Waals surface area contributed by atoms with Crippen LogP contribution in [0.15, 0.2) is 30.5 Å². The Morgan fingerprint density at radius 1 is 1.47 bits per heavy atom. The Morgan fingerprint density at radius 2 is 2.24 bits per heavy atom. The van der Waals surface area contributed by atoms with Crippen molar-refractivity contribution < 1.29 is 9.53 Å². The lowest BCUT2D eigenvalue weighted by Crippen LogP contribution is -2.38. The number of hydrazine groups is 1. The first-order valence-electron chi connectivity index (χ1n) is 5.16. The maximum absolute atomic E-state index is 11.5. The van der Waals surface area contributed by atoms with Gasteiger partial charge in [-0.25, -0.2) is 10.6 Å². The molecule has 1 aromatic carbocycles. The number of nitrogens with two attached hydrogens (primary N) is 1. The third-order valence-corrected chi connectivity index (χ3v) is 2.24. The van der Waals surface area contributed by atoms with E-state index < -0.39 is 6.09 Å². The predicted molar refractivity (Wildman–Crippen MR) is 63.2 cm³/mol. The van der Waals surface area contributed by atoms with Crippen LogP contribution in [0.4, 0.5) is 10.6 Å². The molecule has 0 aliphatic carbocycles. The minimum atomic E-state index is -0.654. The molecule has 6 nitrogen and oxygen atoms in total. The third-order valence-electron chi connectivity index (χ3n) is 2.24. The van der Waals surface area contributed by atoms with Gasteiger partial charge in [-0.05, 0) is 6.92 Å². The molecule has 0 unspecified atom stereocenters. The molecular formula is C11H12N4O2. The highest BCUT2D eigenvalue weighted by Crippen LogP contribution is 2.21. The van der Waals surface area contributed by atoms with E-state index in [9.17, 15) is 4.79 Å². The van der Waals surface area contributed by atoms with Gasteiger partial charge in [0, 0.05) is 10.8 Å². The largest absolute Gasteiger partial charge is 0.448 e. The van der Waals surface area contributed by atoms with Crippen LogP contribution in [0.1, 0.15) is 6.92 Å². The SMILES string of the molecule is CCOC(=O)N(N)c1nncc2ccccc12. The summed E-state index contributed by atoms with van der Waals surface area (Å²) in [6.07, 6.45) is 0.954. The van der Waals surface area contributed by atoms with E-state index >= 15 is 0 Å².